The van der Waals surface area contributed by atoms with Crippen LogP contribution in [0, 0.1) is 6.92 Å². The Morgan fingerprint density at radius 2 is 1.34 bits per heavy atom. The lowest BCUT2D eigenvalue weighted by Gasteiger charge is -2.11. The first-order valence-electron chi connectivity index (χ1n) is 9.45. The largest absolute Gasteiger partial charge is 0.338 e. The molecular weight excluding hydrogens is 403 g/mol. The molecule has 5 heteroatoms. The van der Waals surface area contributed by atoms with E-state index in [1.165, 1.54) is 0 Å². The Bertz CT molecular complexity index is 1220. The van der Waals surface area contributed by atoms with Crippen LogP contribution in [0.3, 0.4) is 0 Å². The van der Waals surface area contributed by atoms with Gasteiger partial charge in [0.15, 0.2) is 0 Å². The fraction of sp³-hybridized carbons (Fsp3) is 0.125. The van der Waals surface area contributed by atoms with E-state index < -0.39 is 0 Å². The van der Waals surface area contributed by atoms with Crippen LogP contribution in [-0.2, 0) is 6.42 Å². The molecule has 0 unspecified atom stereocenters. The number of aryl methyl sites for hydroxylation is 1. The van der Waals surface area contributed by atoms with E-state index in [9.17, 15) is 4.79 Å². The molecule has 0 amide bonds. The van der Waals surface area contributed by atoms with E-state index in [0.717, 1.165) is 33.9 Å². The molecular formula is C24H20Cl2N2O. The summed E-state index contributed by atoms with van der Waals surface area (Å²) in [4.78, 5) is 13.7. The van der Waals surface area contributed by atoms with Crippen LogP contribution in [0.1, 0.15) is 18.2 Å². The third-order valence-electron chi connectivity index (χ3n) is 4.95. The standard InChI is InChI=1S/C24H20Cl2N2O/c1-3-22-23(17-6-4-5-16(2)15-17)28(21-13-9-19(26)10-14-21)24(29)27(22)20-11-7-18(25)8-12-20/h4-15H,3H2,1-2H3. The summed E-state index contributed by atoms with van der Waals surface area (Å²) in [5, 5.41) is 1.27. The molecule has 0 atom stereocenters. The average Bonchev–Trinajstić information content (AvgIpc) is 3.01. The van der Waals surface area contributed by atoms with Gasteiger partial charge < -0.3 is 0 Å². The van der Waals surface area contributed by atoms with Gasteiger partial charge in [-0.25, -0.2) is 4.79 Å². The van der Waals surface area contributed by atoms with E-state index in [-0.39, 0.29) is 5.69 Å². The van der Waals surface area contributed by atoms with Gasteiger partial charge in [0, 0.05) is 15.6 Å². The van der Waals surface area contributed by atoms with Gasteiger partial charge in [-0.2, -0.15) is 0 Å². The Morgan fingerprint density at radius 1 is 0.793 bits per heavy atom. The van der Waals surface area contributed by atoms with Gasteiger partial charge in [-0.15, -0.1) is 0 Å². The summed E-state index contributed by atoms with van der Waals surface area (Å²) in [5.41, 5.74) is 5.41. The van der Waals surface area contributed by atoms with Crippen LogP contribution in [0.15, 0.2) is 77.6 Å². The highest BCUT2D eigenvalue weighted by Crippen LogP contribution is 2.29. The Kier molecular flexibility index (Phi) is 5.35. The highest BCUT2D eigenvalue weighted by Gasteiger charge is 2.22. The molecule has 0 aliphatic rings. The minimum Gasteiger partial charge on any atom is -0.264 e. The summed E-state index contributed by atoms with van der Waals surface area (Å²) in [7, 11) is 0. The van der Waals surface area contributed by atoms with Gasteiger partial charge in [-0.3, -0.25) is 9.13 Å². The van der Waals surface area contributed by atoms with Crippen molar-refractivity contribution in [1.29, 1.82) is 0 Å². The Hall–Kier alpha value is -2.75. The topological polar surface area (TPSA) is 26.9 Å². The van der Waals surface area contributed by atoms with Crippen LogP contribution < -0.4 is 5.69 Å². The van der Waals surface area contributed by atoms with E-state index >= 15 is 0 Å². The van der Waals surface area contributed by atoms with Crippen molar-refractivity contribution in [3.63, 3.8) is 0 Å². The molecule has 0 spiro atoms. The number of nitrogens with zero attached hydrogens (tertiary/aromatic N) is 2. The van der Waals surface area contributed by atoms with Crippen molar-refractivity contribution in [2.75, 3.05) is 0 Å². The molecule has 0 fully saturated rings. The second kappa shape index (κ2) is 7.94. The molecule has 0 radical (unpaired) electrons. The van der Waals surface area contributed by atoms with Crippen molar-refractivity contribution in [2.24, 2.45) is 0 Å². The molecule has 0 bridgehead atoms. The van der Waals surface area contributed by atoms with Gasteiger partial charge >= 0.3 is 5.69 Å². The van der Waals surface area contributed by atoms with Crippen molar-refractivity contribution >= 4 is 23.2 Å². The number of hydrogen-bond donors (Lipinski definition) is 0. The smallest absolute Gasteiger partial charge is 0.264 e. The average molecular weight is 423 g/mol. The SMILES string of the molecule is CCc1c(-c2cccc(C)c2)n(-c2ccc(Cl)cc2)c(=O)n1-c1ccc(Cl)cc1. The molecule has 4 aromatic rings. The number of imidazole rings is 1. The van der Waals surface area contributed by atoms with Crippen LogP contribution in [0.5, 0.6) is 0 Å². The maximum atomic E-state index is 13.7. The molecule has 0 saturated heterocycles. The highest BCUT2D eigenvalue weighted by atomic mass is 35.5. The fourth-order valence-corrected chi connectivity index (χ4v) is 3.90. The summed E-state index contributed by atoms with van der Waals surface area (Å²) in [6, 6.07) is 22.9. The summed E-state index contributed by atoms with van der Waals surface area (Å²) in [5.74, 6) is 0. The summed E-state index contributed by atoms with van der Waals surface area (Å²) < 4.78 is 3.53. The van der Waals surface area contributed by atoms with Crippen LogP contribution in [0.25, 0.3) is 22.6 Å². The minimum atomic E-state index is -0.122. The zero-order valence-electron chi connectivity index (χ0n) is 16.2. The first kappa shape index (κ1) is 19.6. The molecule has 0 aliphatic heterocycles. The highest BCUT2D eigenvalue weighted by molar-refractivity contribution is 6.30. The Labute approximate surface area is 179 Å². The van der Waals surface area contributed by atoms with Gasteiger partial charge in [-0.1, -0.05) is 53.9 Å². The zero-order valence-corrected chi connectivity index (χ0v) is 17.7. The summed E-state index contributed by atoms with van der Waals surface area (Å²) >= 11 is 12.2. The molecule has 0 N–H and O–H groups in total. The number of halogens is 2. The van der Waals surface area contributed by atoms with Crippen LogP contribution in [0.4, 0.5) is 0 Å². The van der Waals surface area contributed by atoms with E-state index in [1.807, 2.05) is 36.4 Å². The summed E-state index contributed by atoms with van der Waals surface area (Å²) in [6.45, 7) is 4.11. The number of rotatable bonds is 4. The Morgan fingerprint density at radius 3 is 1.86 bits per heavy atom. The van der Waals surface area contributed by atoms with Crippen molar-refractivity contribution in [1.82, 2.24) is 9.13 Å². The molecule has 0 aliphatic carbocycles. The van der Waals surface area contributed by atoms with Crippen LogP contribution in [-0.4, -0.2) is 9.13 Å². The molecule has 4 rings (SSSR count). The number of benzene rings is 3. The maximum absolute atomic E-state index is 13.7. The molecule has 29 heavy (non-hydrogen) atoms. The van der Waals surface area contributed by atoms with Crippen LogP contribution in [0.2, 0.25) is 10.0 Å². The molecule has 3 aromatic carbocycles. The predicted molar refractivity (Wildman–Crippen MR) is 121 cm³/mol. The Balaban J connectivity index is 2.09. The van der Waals surface area contributed by atoms with Crippen molar-refractivity contribution in [3.8, 4) is 22.6 Å². The van der Waals surface area contributed by atoms with Crippen molar-refractivity contribution in [2.45, 2.75) is 20.3 Å². The van der Waals surface area contributed by atoms with E-state index in [4.69, 9.17) is 23.2 Å². The first-order valence-corrected chi connectivity index (χ1v) is 10.2. The number of aromatic nitrogens is 2. The second-order valence-electron chi connectivity index (χ2n) is 6.92. The lowest BCUT2D eigenvalue weighted by molar-refractivity contribution is 0.873. The molecule has 1 heterocycles. The van der Waals surface area contributed by atoms with Gasteiger partial charge in [-0.05, 0) is 67.9 Å². The predicted octanol–water partition coefficient (Wildman–Crippen LogP) is 6.47. The second-order valence-corrected chi connectivity index (χ2v) is 7.80. The zero-order chi connectivity index (χ0) is 20.5. The van der Waals surface area contributed by atoms with Gasteiger partial charge in [0.2, 0.25) is 0 Å². The minimum absolute atomic E-state index is 0.122. The van der Waals surface area contributed by atoms with Crippen LogP contribution >= 0.6 is 23.2 Å². The maximum Gasteiger partial charge on any atom is 0.338 e. The third kappa shape index (κ3) is 3.64. The number of hydrogen-bond acceptors (Lipinski definition) is 1. The molecule has 0 saturated carbocycles. The summed E-state index contributed by atoms with van der Waals surface area (Å²) in [6.07, 6.45) is 0.696. The fourth-order valence-electron chi connectivity index (χ4n) is 3.65. The van der Waals surface area contributed by atoms with Crippen molar-refractivity contribution < 1.29 is 0 Å². The van der Waals surface area contributed by atoms with Gasteiger partial charge in [0.25, 0.3) is 0 Å². The van der Waals surface area contributed by atoms with Gasteiger partial charge in [0.1, 0.15) is 0 Å². The third-order valence-corrected chi connectivity index (χ3v) is 5.45. The van der Waals surface area contributed by atoms with E-state index in [1.54, 1.807) is 33.4 Å². The van der Waals surface area contributed by atoms with E-state index in [0.29, 0.717) is 16.5 Å². The molecule has 3 nitrogen and oxygen atoms in total. The van der Waals surface area contributed by atoms with E-state index in [2.05, 4.69) is 26.0 Å². The monoisotopic (exact) mass is 422 g/mol. The lowest BCUT2D eigenvalue weighted by Crippen LogP contribution is -2.23. The van der Waals surface area contributed by atoms with Gasteiger partial charge in [0.05, 0.1) is 22.8 Å². The quantitative estimate of drug-likeness (QED) is 0.369. The van der Waals surface area contributed by atoms with Crippen molar-refractivity contribution in [3.05, 3.63) is 105 Å². The first-order chi connectivity index (χ1) is 14.0. The lowest BCUT2D eigenvalue weighted by atomic mass is 10.1. The molecule has 1 aromatic heterocycles. The molecule has 146 valence electrons. The normalized spacial score (nSPS) is 11.0.